The van der Waals surface area contributed by atoms with Gasteiger partial charge in [-0.3, -0.25) is 9.59 Å². The maximum Gasteiger partial charge on any atom is 0.306 e. The summed E-state index contributed by atoms with van der Waals surface area (Å²) in [6.45, 7) is 6.32. The van der Waals surface area contributed by atoms with Gasteiger partial charge in [-0.1, -0.05) is 260 Å². The van der Waals surface area contributed by atoms with Gasteiger partial charge in [-0.2, -0.15) is 0 Å². The van der Waals surface area contributed by atoms with E-state index in [2.05, 4.69) is 111 Å². The van der Waals surface area contributed by atoms with Crippen molar-refractivity contribution >= 4 is 11.9 Å². The number of ether oxygens (including phenoxy) is 1. The average molecular weight is 961 g/mol. The van der Waals surface area contributed by atoms with E-state index >= 15 is 0 Å². The highest BCUT2D eigenvalue weighted by Crippen LogP contribution is 2.16. The third kappa shape index (κ3) is 51.0. The van der Waals surface area contributed by atoms with Gasteiger partial charge in [-0.25, -0.2) is 0 Å². The lowest BCUT2D eigenvalue weighted by molar-refractivity contribution is -0.148. The Morgan fingerprint density at radius 2 is 0.812 bits per heavy atom. The zero-order chi connectivity index (χ0) is 50.2. The Balaban J connectivity index is 4.66. The lowest BCUT2D eigenvalue weighted by Crippen LogP contribution is -2.46. The molecule has 0 aliphatic heterocycles. The van der Waals surface area contributed by atoms with Crippen LogP contribution >= 0.6 is 0 Å². The third-order valence-electron chi connectivity index (χ3n) is 12.6. The highest BCUT2D eigenvalue weighted by Gasteiger charge is 2.23. The van der Waals surface area contributed by atoms with Gasteiger partial charge in [0.1, 0.15) is 6.10 Å². The molecule has 0 saturated carbocycles. The van der Waals surface area contributed by atoms with Gasteiger partial charge in [0.15, 0.2) is 0 Å². The molecule has 6 nitrogen and oxygen atoms in total. The number of hydrogen-bond acceptors (Lipinski definition) is 5. The van der Waals surface area contributed by atoms with Crippen molar-refractivity contribution in [1.29, 1.82) is 0 Å². The predicted octanol–water partition coefficient (Wildman–Crippen LogP) is 18.1. The van der Waals surface area contributed by atoms with Gasteiger partial charge in [0.25, 0.3) is 0 Å². The highest BCUT2D eigenvalue weighted by molar-refractivity contribution is 5.78. The Kier molecular flexibility index (Phi) is 53.1. The van der Waals surface area contributed by atoms with Crippen LogP contribution in [0.4, 0.5) is 0 Å². The summed E-state index contributed by atoms with van der Waals surface area (Å²) in [5.41, 5.74) is 0. The summed E-state index contributed by atoms with van der Waals surface area (Å²) in [5.74, 6) is -0.644. The van der Waals surface area contributed by atoms with Crippen LogP contribution in [0, 0.1) is 0 Å². The fourth-order valence-electron chi connectivity index (χ4n) is 8.28. The summed E-state index contributed by atoms with van der Waals surface area (Å²) in [7, 11) is 0. The van der Waals surface area contributed by atoms with E-state index in [0.29, 0.717) is 19.3 Å². The predicted molar refractivity (Wildman–Crippen MR) is 300 cm³/mol. The summed E-state index contributed by atoms with van der Waals surface area (Å²) < 4.78 is 5.84. The largest absolute Gasteiger partial charge is 0.458 e. The summed E-state index contributed by atoms with van der Waals surface area (Å²) in [4.78, 5) is 26.2. The monoisotopic (exact) mass is 960 g/mol. The van der Waals surface area contributed by atoms with Crippen molar-refractivity contribution in [3.8, 4) is 0 Å². The smallest absolute Gasteiger partial charge is 0.306 e. The van der Waals surface area contributed by atoms with Gasteiger partial charge in [-0.15, -0.1) is 0 Å². The topological polar surface area (TPSA) is 95.9 Å². The van der Waals surface area contributed by atoms with Crippen LogP contribution in [0.5, 0.6) is 0 Å². The molecular formula is C63H109NO5. The normalized spacial score (nSPS) is 13.9. The number of unbranched alkanes of at least 4 members (excludes halogenated alkanes) is 25. The molecule has 0 fully saturated rings. The Morgan fingerprint density at radius 3 is 1.26 bits per heavy atom. The molecule has 69 heavy (non-hydrogen) atoms. The molecule has 396 valence electrons. The molecule has 3 unspecified atom stereocenters. The first-order valence-corrected chi connectivity index (χ1v) is 29.0. The van der Waals surface area contributed by atoms with Crippen LogP contribution in [0.25, 0.3) is 0 Å². The molecule has 6 heteroatoms. The SMILES string of the molecule is CC/C=C/C/C=C/C/C=C/C/C=C/C/C=C/C(CC(=O)NC(CO)C(O)CCCCCCCCCCCCCCCCCCC)OC(=O)CCCCCCCC/C=C\C/C=C\C/C=C\CCCCC. The minimum absolute atomic E-state index is 0.0555. The molecule has 0 aliphatic rings. The van der Waals surface area contributed by atoms with Crippen LogP contribution in [0.2, 0.25) is 0 Å². The number of aliphatic hydroxyl groups is 2. The minimum Gasteiger partial charge on any atom is -0.458 e. The van der Waals surface area contributed by atoms with Crippen LogP contribution in [0.1, 0.15) is 265 Å². The van der Waals surface area contributed by atoms with E-state index in [9.17, 15) is 19.8 Å². The third-order valence-corrected chi connectivity index (χ3v) is 12.6. The van der Waals surface area contributed by atoms with Crippen molar-refractivity contribution in [1.82, 2.24) is 5.32 Å². The van der Waals surface area contributed by atoms with Crippen molar-refractivity contribution in [3.05, 3.63) is 97.2 Å². The molecule has 3 N–H and O–H groups in total. The first-order valence-electron chi connectivity index (χ1n) is 29.0. The molecule has 0 aliphatic carbocycles. The van der Waals surface area contributed by atoms with Crippen molar-refractivity contribution in [2.24, 2.45) is 0 Å². The molecule has 0 rings (SSSR count). The van der Waals surface area contributed by atoms with E-state index in [4.69, 9.17) is 4.74 Å². The Bertz CT molecular complexity index is 1350. The first kappa shape index (κ1) is 65.8. The summed E-state index contributed by atoms with van der Waals surface area (Å²) in [6.07, 6.45) is 75.0. The molecule has 3 atom stereocenters. The van der Waals surface area contributed by atoms with Gasteiger partial charge in [0, 0.05) is 6.42 Å². The molecular weight excluding hydrogens is 851 g/mol. The molecule has 0 spiro atoms. The van der Waals surface area contributed by atoms with Crippen LogP contribution < -0.4 is 5.32 Å². The number of rotatable bonds is 51. The molecule has 0 radical (unpaired) electrons. The average Bonchev–Trinajstić information content (AvgIpc) is 3.34. The Hall–Kier alpha value is -3.22. The number of esters is 1. The second-order valence-corrected chi connectivity index (χ2v) is 19.3. The molecule has 0 aromatic carbocycles. The fraction of sp³-hybridized carbons (Fsp3) is 0.714. The molecule has 0 bridgehead atoms. The van der Waals surface area contributed by atoms with E-state index < -0.39 is 18.2 Å². The summed E-state index contributed by atoms with van der Waals surface area (Å²) >= 11 is 0. The molecule has 0 aromatic rings. The van der Waals surface area contributed by atoms with Gasteiger partial charge >= 0.3 is 5.97 Å². The molecule has 0 heterocycles. The lowest BCUT2D eigenvalue weighted by Gasteiger charge is -2.23. The number of amides is 1. The van der Waals surface area contributed by atoms with Gasteiger partial charge < -0.3 is 20.3 Å². The number of nitrogens with one attached hydrogen (secondary N) is 1. The number of aliphatic hydroxyl groups excluding tert-OH is 2. The molecule has 0 saturated heterocycles. The Morgan fingerprint density at radius 1 is 0.449 bits per heavy atom. The summed E-state index contributed by atoms with van der Waals surface area (Å²) in [6, 6.07) is -0.751. The van der Waals surface area contributed by atoms with E-state index in [0.717, 1.165) is 89.9 Å². The van der Waals surface area contributed by atoms with Crippen LogP contribution in [-0.4, -0.2) is 46.9 Å². The molecule has 0 aromatic heterocycles. The highest BCUT2D eigenvalue weighted by atomic mass is 16.5. The van der Waals surface area contributed by atoms with E-state index in [-0.39, 0.29) is 24.9 Å². The zero-order valence-corrected chi connectivity index (χ0v) is 45.2. The van der Waals surface area contributed by atoms with E-state index in [1.807, 2.05) is 6.08 Å². The fourth-order valence-corrected chi connectivity index (χ4v) is 8.28. The standard InChI is InChI=1S/C63H109NO5/c1-4-7-10-13-16-19-22-25-28-30-31-33-35-38-41-44-47-50-53-56-63(68)69-59(54-51-48-45-42-39-36-27-24-21-18-15-12-9-6-3)57-62(67)64-60(58-65)61(66)55-52-49-46-43-40-37-34-32-29-26-23-20-17-14-11-8-5-2/h9,12,16,18-19,21,25,27-28,31,33,36,42,45,51,54,59-61,65-66H,4-8,10-11,13-15,17,20,22-24,26,29-30,32,34-35,37-41,43-44,46-50,52-53,55-58H2,1-3H3,(H,64,67)/b12-9+,19-16-,21-18+,28-25-,33-31-,36-27+,45-42+,54-51+. The zero-order valence-electron chi connectivity index (χ0n) is 45.2. The van der Waals surface area contributed by atoms with E-state index in [1.54, 1.807) is 6.08 Å². The quantitative estimate of drug-likeness (QED) is 0.0321. The minimum atomic E-state index is -0.828. The first-order chi connectivity index (χ1) is 34.0. The van der Waals surface area contributed by atoms with Crippen LogP contribution in [0.3, 0.4) is 0 Å². The Labute approximate surface area is 426 Å². The van der Waals surface area contributed by atoms with Gasteiger partial charge in [0.2, 0.25) is 5.91 Å². The number of carbonyl (C=O) groups is 2. The van der Waals surface area contributed by atoms with Crippen LogP contribution in [0.15, 0.2) is 97.2 Å². The van der Waals surface area contributed by atoms with Crippen molar-refractivity contribution < 1.29 is 24.5 Å². The maximum absolute atomic E-state index is 13.2. The summed E-state index contributed by atoms with van der Waals surface area (Å²) in [5, 5.41) is 23.8. The maximum atomic E-state index is 13.2. The van der Waals surface area contributed by atoms with E-state index in [1.165, 1.54) is 128 Å². The second-order valence-electron chi connectivity index (χ2n) is 19.3. The van der Waals surface area contributed by atoms with Gasteiger partial charge in [-0.05, 0) is 89.5 Å². The van der Waals surface area contributed by atoms with Crippen LogP contribution in [-0.2, 0) is 14.3 Å². The van der Waals surface area contributed by atoms with Crippen molar-refractivity contribution in [2.75, 3.05) is 6.61 Å². The molecule has 1 amide bonds. The number of hydrogen-bond donors (Lipinski definition) is 3. The van der Waals surface area contributed by atoms with Crippen molar-refractivity contribution in [3.63, 3.8) is 0 Å². The van der Waals surface area contributed by atoms with Gasteiger partial charge in [0.05, 0.1) is 25.2 Å². The van der Waals surface area contributed by atoms with Crippen molar-refractivity contribution in [2.45, 2.75) is 283 Å². The number of allylic oxidation sites excluding steroid dienone is 15. The number of carbonyl (C=O) groups excluding carboxylic acids is 2. The lowest BCUT2D eigenvalue weighted by atomic mass is 10.0. The second kappa shape index (κ2) is 55.7.